The van der Waals surface area contributed by atoms with Crippen molar-refractivity contribution in [1.82, 2.24) is 4.57 Å². The van der Waals surface area contributed by atoms with Gasteiger partial charge in [-0.15, -0.1) is 0 Å². The number of methoxy groups -OCH3 is 1. The smallest absolute Gasteiger partial charge is 0.136 e. The van der Waals surface area contributed by atoms with Crippen molar-refractivity contribution in [2.24, 2.45) is 7.05 Å². The van der Waals surface area contributed by atoms with Crippen LogP contribution in [-0.4, -0.2) is 11.7 Å². The van der Waals surface area contributed by atoms with E-state index in [2.05, 4.69) is 0 Å². The molecule has 0 N–H and O–H groups in total. The molecule has 1 heterocycles. The number of fused-ring (bicyclic) bond motifs is 1. The zero-order valence-corrected chi connectivity index (χ0v) is 10.9. The van der Waals surface area contributed by atoms with Crippen LogP contribution in [-0.2, 0) is 7.05 Å². The average molecular weight is 255 g/mol. The van der Waals surface area contributed by atoms with Gasteiger partial charge < -0.3 is 9.30 Å². The summed E-state index contributed by atoms with van der Waals surface area (Å²) in [5, 5.41) is 1.11. The minimum atomic E-state index is -0.273. The Labute approximate surface area is 111 Å². The lowest BCUT2D eigenvalue weighted by Gasteiger charge is -2.07. The van der Waals surface area contributed by atoms with Gasteiger partial charge in [-0.25, -0.2) is 4.39 Å². The monoisotopic (exact) mass is 255 g/mol. The second-order valence-electron chi connectivity index (χ2n) is 4.49. The Kier molecular flexibility index (Phi) is 2.75. The van der Waals surface area contributed by atoms with Crippen LogP contribution in [0.4, 0.5) is 4.39 Å². The maximum absolute atomic E-state index is 14.1. The lowest BCUT2D eigenvalue weighted by Crippen LogP contribution is -1.94. The minimum Gasteiger partial charge on any atom is -0.497 e. The predicted octanol–water partition coefficient (Wildman–Crippen LogP) is 3.99. The summed E-state index contributed by atoms with van der Waals surface area (Å²) in [6, 6.07) is 15.0. The van der Waals surface area contributed by atoms with Crippen molar-refractivity contribution in [2.75, 3.05) is 7.11 Å². The number of aryl methyl sites for hydroxylation is 1. The fraction of sp³-hybridized carbons (Fsp3) is 0.125. The Morgan fingerprint density at radius 2 is 1.84 bits per heavy atom. The molecule has 0 radical (unpaired) electrons. The van der Waals surface area contributed by atoms with Crippen LogP contribution >= 0.6 is 0 Å². The summed E-state index contributed by atoms with van der Waals surface area (Å²) in [4.78, 5) is 0. The number of ether oxygens (including phenoxy) is 1. The van der Waals surface area contributed by atoms with E-state index in [0.717, 1.165) is 16.6 Å². The van der Waals surface area contributed by atoms with Gasteiger partial charge in [0.1, 0.15) is 11.6 Å². The van der Waals surface area contributed by atoms with E-state index in [4.69, 9.17) is 4.74 Å². The molecular formula is C16H14FNO. The first-order valence-corrected chi connectivity index (χ1v) is 6.09. The standard InChI is InChI=1S/C16H14FNO/c1-18-15-6-4-3-5-11(15)9-16(18)13-8-7-12(19-2)10-14(13)17/h3-10H,1-2H3. The van der Waals surface area contributed by atoms with Gasteiger partial charge in [0.15, 0.2) is 0 Å². The summed E-state index contributed by atoms with van der Waals surface area (Å²) in [5.74, 6) is 0.255. The molecule has 0 unspecified atom stereocenters. The lowest BCUT2D eigenvalue weighted by molar-refractivity contribution is 0.411. The zero-order valence-electron chi connectivity index (χ0n) is 10.9. The van der Waals surface area contributed by atoms with Crippen molar-refractivity contribution in [1.29, 1.82) is 0 Å². The number of rotatable bonds is 2. The molecule has 0 amide bonds. The van der Waals surface area contributed by atoms with E-state index in [1.807, 2.05) is 41.9 Å². The summed E-state index contributed by atoms with van der Waals surface area (Å²) in [5.41, 5.74) is 2.54. The van der Waals surface area contributed by atoms with Crippen molar-refractivity contribution in [3.8, 4) is 17.0 Å². The first-order chi connectivity index (χ1) is 9.20. The third-order valence-corrected chi connectivity index (χ3v) is 3.40. The molecule has 2 aromatic carbocycles. The van der Waals surface area contributed by atoms with E-state index in [1.54, 1.807) is 12.1 Å². The molecule has 1 aromatic heterocycles. The van der Waals surface area contributed by atoms with Crippen LogP contribution in [0.2, 0.25) is 0 Å². The van der Waals surface area contributed by atoms with Crippen molar-refractivity contribution in [3.05, 3.63) is 54.3 Å². The van der Waals surface area contributed by atoms with Crippen LogP contribution in [0.3, 0.4) is 0 Å². The summed E-state index contributed by atoms with van der Waals surface area (Å²) < 4.78 is 21.2. The van der Waals surface area contributed by atoms with Crippen LogP contribution < -0.4 is 4.74 Å². The summed E-state index contributed by atoms with van der Waals surface area (Å²) in [6.45, 7) is 0. The molecule has 3 heteroatoms. The number of benzene rings is 2. The van der Waals surface area contributed by atoms with Gasteiger partial charge in [0.2, 0.25) is 0 Å². The van der Waals surface area contributed by atoms with Gasteiger partial charge in [0.05, 0.1) is 12.8 Å². The van der Waals surface area contributed by atoms with Gasteiger partial charge in [-0.1, -0.05) is 18.2 Å². The molecule has 0 aliphatic rings. The van der Waals surface area contributed by atoms with Crippen molar-refractivity contribution in [3.63, 3.8) is 0 Å². The zero-order chi connectivity index (χ0) is 13.4. The summed E-state index contributed by atoms with van der Waals surface area (Å²) in [6.07, 6.45) is 0. The molecule has 3 aromatic rings. The van der Waals surface area contributed by atoms with Gasteiger partial charge >= 0.3 is 0 Å². The Bertz CT molecular complexity index is 746. The molecule has 0 bridgehead atoms. The van der Waals surface area contributed by atoms with Gasteiger partial charge in [-0.3, -0.25) is 0 Å². The number of aromatic nitrogens is 1. The first kappa shape index (κ1) is 11.8. The minimum absolute atomic E-state index is 0.273. The highest BCUT2D eigenvalue weighted by Gasteiger charge is 2.12. The lowest BCUT2D eigenvalue weighted by atomic mass is 10.1. The Morgan fingerprint density at radius 1 is 1.05 bits per heavy atom. The topological polar surface area (TPSA) is 14.2 Å². The number of hydrogen-bond acceptors (Lipinski definition) is 1. The normalized spacial score (nSPS) is 10.9. The van der Waals surface area contributed by atoms with Crippen molar-refractivity contribution in [2.45, 2.75) is 0 Å². The number of nitrogens with zero attached hydrogens (tertiary/aromatic N) is 1. The van der Waals surface area contributed by atoms with E-state index in [0.29, 0.717) is 11.3 Å². The number of hydrogen-bond donors (Lipinski definition) is 0. The molecule has 0 aliphatic heterocycles. The molecule has 0 saturated carbocycles. The quantitative estimate of drug-likeness (QED) is 0.675. The Hall–Kier alpha value is -2.29. The highest BCUT2D eigenvalue weighted by Crippen LogP contribution is 2.30. The number of halogens is 1. The second kappa shape index (κ2) is 4.43. The molecular weight excluding hydrogens is 241 g/mol. The molecule has 0 saturated heterocycles. The van der Waals surface area contributed by atoms with Crippen LogP contribution in [0.5, 0.6) is 5.75 Å². The van der Waals surface area contributed by atoms with E-state index < -0.39 is 0 Å². The third-order valence-electron chi connectivity index (χ3n) is 3.40. The SMILES string of the molecule is COc1ccc(-c2cc3ccccc3n2C)c(F)c1. The first-order valence-electron chi connectivity index (χ1n) is 6.09. The average Bonchev–Trinajstić information content (AvgIpc) is 2.76. The molecule has 19 heavy (non-hydrogen) atoms. The largest absolute Gasteiger partial charge is 0.497 e. The van der Waals surface area contributed by atoms with E-state index in [-0.39, 0.29) is 5.82 Å². The highest BCUT2D eigenvalue weighted by atomic mass is 19.1. The summed E-state index contributed by atoms with van der Waals surface area (Å²) >= 11 is 0. The van der Waals surface area contributed by atoms with Crippen LogP contribution in [0.15, 0.2) is 48.5 Å². The molecule has 0 fully saturated rings. The van der Waals surface area contributed by atoms with E-state index in [1.165, 1.54) is 13.2 Å². The van der Waals surface area contributed by atoms with Crippen LogP contribution in [0.1, 0.15) is 0 Å². The van der Waals surface area contributed by atoms with Gasteiger partial charge in [0.25, 0.3) is 0 Å². The summed E-state index contributed by atoms with van der Waals surface area (Å²) in [7, 11) is 3.48. The molecule has 3 rings (SSSR count). The second-order valence-corrected chi connectivity index (χ2v) is 4.49. The van der Waals surface area contributed by atoms with Crippen molar-refractivity contribution < 1.29 is 9.13 Å². The molecule has 0 spiro atoms. The van der Waals surface area contributed by atoms with E-state index >= 15 is 0 Å². The maximum Gasteiger partial charge on any atom is 0.136 e. The van der Waals surface area contributed by atoms with Crippen LogP contribution in [0, 0.1) is 5.82 Å². The molecule has 0 atom stereocenters. The van der Waals surface area contributed by atoms with Gasteiger partial charge in [-0.2, -0.15) is 0 Å². The Balaban J connectivity index is 2.21. The molecule has 96 valence electrons. The van der Waals surface area contributed by atoms with Gasteiger partial charge in [-0.05, 0) is 24.3 Å². The highest BCUT2D eigenvalue weighted by molar-refractivity contribution is 5.87. The molecule has 0 aliphatic carbocycles. The Morgan fingerprint density at radius 3 is 2.53 bits per heavy atom. The fourth-order valence-corrected chi connectivity index (χ4v) is 2.38. The third kappa shape index (κ3) is 1.87. The predicted molar refractivity (Wildman–Crippen MR) is 74.9 cm³/mol. The fourth-order valence-electron chi connectivity index (χ4n) is 2.38. The maximum atomic E-state index is 14.1. The van der Waals surface area contributed by atoms with E-state index in [9.17, 15) is 4.39 Å². The molecule has 2 nitrogen and oxygen atoms in total. The van der Waals surface area contributed by atoms with Gasteiger partial charge in [0, 0.05) is 29.6 Å². The van der Waals surface area contributed by atoms with Crippen molar-refractivity contribution >= 4 is 10.9 Å². The van der Waals surface area contributed by atoms with Crippen LogP contribution in [0.25, 0.3) is 22.2 Å². The number of para-hydroxylation sites is 1.